The Balaban J connectivity index is 1.68. The first-order valence-electron chi connectivity index (χ1n) is 12.2. The van der Waals surface area contributed by atoms with E-state index in [1.54, 1.807) is 28.6 Å². The van der Waals surface area contributed by atoms with Crippen LogP contribution in [0.25, 0.3) is 0 Å². The molecular weight excluding hydrogens is 464 g/mol. The van der Waals surface area contributed by atoms with Crippen molar-refractivity contribution in [3.05, 3.63) is 41.7 Å². The summed E-state index contributed by atoms with van der Waals surface area (Å²) in [6, 6.07) is 5.74. The molecule has 1 aliphatic rings. The number of nitrogens with one attached hydrogen (secondary N) is 3. The Morgan fingerprint density at radius 3 is 2.44 bits per heavy atom. The highest BCUT2D eigenvalue weighted by Crippen LogP contribution is 2.11. The van der Waals surface area contributed by atoms with Gasteiger partial charge in [0, 0.05) is 31.6 Å². The van der Waals surface area contributed by atoms with Gasteiger partial charge in [0.2, 0.25) is 17.7 Å². The minimum absolute atomic E-state index is 0.130. The summed E-state index contributed by atoms with van der Waals surface area (Å²) >= 11 is 0. The number of carbonyl (C=O) groups excluding carboxylic acids is 4. The number of aromatic nitrogens is 4. The summed E-state index contributed by atoms with van der Waals surface area (Å²) in [7, 11) is 0. The van der Waals surface area contributed by atoms with Crippen LogP contribution in [0.15, 0.2) is 30.6 Å². The second-order valence-corrected chi connectivity index (χ2v) is 9.26. The fourth-order valence-electron chi connectivity index (χ4n) is 3.90. The van der Waals surface area contributed by atoms with Gasteiger partial charge in [-0.05, 0) is 53.8 Å². The fourth-order valence-corrected chi connectivity index (χ4v) is 3.90. The van der Waals surface area contributed by atoms with Crippen molar-refractivity contribution >= 4 is 23.6 Å². The molecule has 3 rings (SSSR count). The zero-order valence-corrected chi connectivity index (χ0v) is 20.9. The molecule has 0 saturated carbocycles. The van der Waals surface area contributed by atoms with E-state index in [9.17, 15) is 19.2 Å². The first kappa shape index (κ1) is 26.8. The Kier molecular flexibility index (Phi) is 9.48. The molecule has 4 amide bonds. The molecule has 12 nitrogen and oxygen atoms in total. The first-order chi connectivity index (χ1) is 17.2. The van der Waals surface area contributed by atoms with Crippen molar-refractivity contribution in [3.8, 4) is 0 Å². The van der Waals surface area contributed by atoms with Gasteiger partial charge >= 0.3 is 0 Å². The molecule has 0 spiro atoms. The highest BCUT2D eigenvalue weighted by Gasteiger charge is 2.27. The Hall–Kier alpha value is -3.83. The average molecular weight is 499 g/mol. The summed E-state index contributed by atoms with van der Waals surface area (Å²) < 4.78 is 1.59. The number of hydrogen-bond donors (Lipinski definition) is 3. The molecule has 0 aliphatic carbocycles. The van der Waals surface area contributed by atoms with E-state index in [4.69, 9.17) is 0 Å². The normalized spacial score (nSPS) is 20.7. The molecular formula is C24H34N8O4. The standard InChI is InChI=1S/C24H34N8O4/c1-16(2)21-23(35)25-11-5-13-31(12-4-6-20(33)27-17(3)22(34)28-21)24(36)19-9-7-18(8-10-19)14-32-15-26-29-30-32/h7-10,15-17,21H,4-6,11-14H2,1-3H3,(H,25,35)(H,27,33)(H,28,34)/t17-,21-/m1/s1. The summed E-state index contributed by atoms with van der Waals surface area (Å²) in [5.41, 5.74) is 1.48. The van der Waals surface area contributed by atoms with Crippen LogP contribution < -0.4 is 16.0 Å². The highest BCUT2D eigenvalue weighted by molar-refractivity contribution is 5.94. The van der Waals surface area contributed by atoms with E-state index in [0.29, 0.717) is 44.6 Å². The molecule has 1 saturated heterocycles. The van der Waals surface area contributed by atoms with E-state index in [-0.39, 0.29) is 30.1 Å². The summed E-state index contributed by atoms with van der Waals surface area (Å²) in [4.78, 5) is 52.5. The Bertz CT molecular complexity index is 1040. The first-order valence-corrected chi connectivity index (χ1v) is 12.2. The quantitative estimate of drug-likeness (QED) is 0.541. The van der Waals surface area contributed by atoms with Crippen LogP contribution in [0.4, 0.5) is 0 Å². The number of nitrogens with zero attached hydrogens (tertiary/aromatic N) is 5. The Morgan fingerprint density at radius 1 is 1.06 bits per heavy atom. The molecule has 1 fully saturated rings. The topological polar surface area (TPSA) is 151 Å². The van der Waals surface area contributed by atoms with Crippen LogP contribution in [-0.2, 0) is 20.9 Å². The van der Waals surface area contributed by atoms with Crippen LogP contribution in [0, 0.1) is 5.92 Å². The highest BCUT2D eigenvalue weighted by atomic mass is 16.2. The third-order valence-electron chi connectivity index (χ3n) is 5.98. The van der Waals surface area contributed by atoms with Gasteiger partial charge in [0.15, 0.2) is 0 Å². The van der Waals surface area contributed by atoms with Gasteiger partial charge < -0.3 is 20.9 Å². The largest absolute Gasteiger partial charge is 0.354 e. The number of amides is 4. The minimum Gasteiger partial charge on any atom is -0.354 e. The van der Waals surface area contributed by atoms with Crippen LogP contribution in [0.3, 0.4) is 0 Å². The van der Waals surface area contributed by atoms with Crippen molar-refractivity contribution in [1.82, 2.24) is 41.1 Å². The molecule has 1 aromatic heterocycles. The van der Waals surface area contributed by atoms with Gasteiger partial charge in [-0.1, -0.05) is 26.0 Å². The molecule has 2 atom stereocenters. The van der Waals surface area contributed by atoms with Crippen molar-refractivity contribution in [1.29, 1.82) is 0 Å². The molecule has 194 valence electrons. The number of hydrogen-bond acceptors (Lipinski definition) is 7. The monoisotopic (exact) mass is 498 g/mol. The van der Waals surface area contributed by atoms with Crippen LogP contribution in [0.1, 0.15) is 56.0 Å². The second-order valence-electron chi connectivity index (χ2n) is 9.26. The zero-order chi connectivity index (χ0) is 26.1. The van der Waals surface area contributed by atoms with Gasteiger partial charge in [-0.3, -0.25) is 19.2 Å². The minimum atomic E-state index is -0.777. The molecule has 1 aromatic carbocycles. The maximum absolute atomic E-state index is 13.3. The molecule has 0 unspecified atom stereocenters. The Morgan fingerprint density at radius 2 is 1.78 bits per heavy atom. The predicted octanol–water partition coefficient (Wildman–Crippen LogP) is 0.109. The third kappa shape index (κ3) is 7.59. The van der Waals surface area contributed by atoms with Crippen LogP contribution >= 0.6 is 0 Å². The van der Waals surface area contributed by atoms with Gasteiger partial charge in [0.25, 0.3) is 5.91 Å². The molecule has 1 aliphatic heterocycles. The summed E-state index contributed by atoms with van der Waals surface area (Å²) in [6.07, 6.45) is 2.68. The lowest BCUT2D eigenvalue weighted by molar-refractivity contribution is -0.132. The molecule has 0 radical (unpaired) electrons. The van der Waals surface area contributed by atoms with Crippen molar-refractivity contribution in [3.63, 3.8) is 0 Å². The van der Waals surface area contributed by atoms with Gasteiger partial charge in [-0.2, -0.15) is 0 Å². The number of carbonyl (C=O) groups is 4. The van der Waals surface area contributed by atoms with E-state index < -0.39 is 18.0 Å². The van der Waals surface area contributed by atoms with E-state index >= 15 is 0 Å². The lowest BCUT2D eigenvalue weighted by Gasteiger charge is -2.24. The SMILES string of the molecule is CC(C)[C@H]1NC(=O)[C@@H](C)NC(=O)CCCN(C(=O)c2ccc(Cn3cnnn3)cc2)CCCNC1=O. The second kappa shape index (κ2) is 12.8. The maximum Gasteiger partial charge on any atom is 0.253 e. The van der Waals surface area contributed by atoms with Gasteiger partial charge in [-0.15, -0.1) is 5.10 Å². The van der Waals surface area contributed by atoms with Gasteiger partial charge in [-0.25, -0.2) is 4.68 Å². The van der Waals surface area contributed by atoms with E-state index in [1.807, 2.05) is 26.0 Å². The Labute approximate surface area is 210 Å². The summed E-state index contributed by atoms with van der Waals surface area (Å²) in [6.45, 7) is 6.92. The lowest BCUT2D eigenvalue weighted by atomic mass is 10.0. The zero-order valence-electron chi connectivity index (χ0n) is 20.9. The van der Waals surface area contributed by atoms with E-state index in [1.165, 1.54) is 6.33 Å². The summed E-state index contributed by atoms with van der Waals surface area (Å²) in [5.74, 6) is -1.26. The third-order valence-corrected chi connectivity index (χ3v) is 5.98. The van der Waals surface area contributed by atoms with Crippen LogP contribution in [0.2, 0.25) is 0 Å². The lowest BCUT2D eigenvalue weighted by Crippen LogP contribution is -2.54. The predicted molar refractivity (Wildman–Crippen MR) is 130 cm³/mol. The molecule has 2 aromatic rings. The number of tetrazole rings is 1. The number of benzene rings is 1. The summed E-state index contributed by atoms with van der Waals surface area (Å²) in [5, 5.41) is 19.3. The molecule has 3 N–H and O–H groups in total. The average Bonchev–Trinajstić information content (AvgIpc) is 3.36. The van der Waals surface area contributed by atoms with Crippen molar-refractivity contribution in [2.24, 2.45) is 5.92 Å². The fraction of sp³-hybridized carbons (Fsp3) is 0.542. The molecule has 12 heteroatoms. The van der Waals surface area contributed by atoms with Gasteiger partial charge in [0.05, 0.1) is 6.54 Å². The van der Waals surface area contributed by atoms with Crippen molar-refractivity contribution in [2.45, 2.75) is 58.7 Å². The number of rotatable bonds is 4. The van der Waals surface area contributed by atoms with Gasteiger partial charge in [0.1, 0.15) is 18.4 Å². The molecule has 2 heterocycles. The van der Waals surface area contributed by atoms with Crippen molar-refractivity contribution < 1.29 is 19.2 Å². The smallest absolute Gasteiger partial charge is 0.253 e. The van der Waals surface area contributed by atoms with E-state index in [0.717, 1.165) is 5.56 Å². The molecule has 36 heavy (non-hydrogen) atoms. The van der Waals surface area contributed by atoms with Crippen molar-refractivity contribution in [2.75, 3.05) is 19.6 Å². The van der Waals surface area contributed by atoms with Crippen LogP contribution in [0.5, 0.6) is 0 Å². The maximum atomic E-state index is 13.3. The van der Waals surface area contributed by atoms with Crippen LogP contribution in [-0.4, -0.2) is 80.5 Å². The molecule has 0 bridgehead atoms. The van der Waals surface area contributed by atoms with E-state index in [2.05, 4.69) is 31.5 Å².